The molecule has 0 aromatic heterocycles. The van der Waals surface area contributed by atoms with E-state index in [2.05, 4.69) is 0 Å². The Hall–Kier alpha value is -3.22. The summed E-state index contributed by atoms with van der Waals surface area (Å²) in [5.41, 5.74) is 1.68. The Morgan fingerprint density at radius 3 is 2.30 bits per heavy atom. The van der Waals surface area contributed by atoms with Crippen LogP contribution in [0.5, 0.6) is 0 Å². The highest BCUT2D eigenvalue weighted by atomic mass is 19.1. The molecule has 2 aromatic rings. The summed E-state index contributed by atoms with van der Waals surface area (Å²) in [5.74, 6) is -1.93. The van der Waals surface area contributed by atoms with Gasteiger partial charge in [0.1, 0.15) is 12.4 Å². The third kappa shape index (κ3) is 4.49. The maximum Gasteiger partial charge on any atom is 0.323 e. The highest BCUT2D eigenvalue weighted by molar-refractivity contribution is 5.98. The van der Waals surface area contributed by atoms with E-state index in [-0.39, 0.29) is 12.5 Å². The van der Waals surface area contributed by atoms with E-state index in [9.17, 15) is 18.8 Å². The van der Waals surface area contributed by atoms with Gasteiger partial charge in [-0.15, -0.1) is 0 Å². The topological polar surface area (TPSA) is 77.9 Å². The van der Waals surface area contributed by atoms with Crippen molar-refractivity contribution in [3.05, 3.63) is 65.5 Å². The zero-order valence-electron chi connectivity index (χ0n) is 14.6. The van der Waals surface area contributed by atoms with E-state index in [4.69, 9.17) is 5.11 Å². The Morgan fingerprint density at radius 2 is 1.74 bits per heavy atom. The summed E-state index contributed by atoms with van der Waals surface area (Å²) in [7, 11) is 0. The second kappa shape index (κ2) is 7.99. The molecule has 3 rings (SSSR count). The van der Waals surface area contributed by atoms with E-state index in [0.717, 1.165) is 12.1 Å². The van der Waals surface area contributed by atoms with Crippen molar-refractivity contribution in [2.45, 2.75) is 19.4 Å². The van der Waals surface area contributed by atoms with Gasteiger partial charge in [0.2, 0.25) is 5.91 Å². The summed E-state index contributed by atoms with van der Waals surface area (Å²) in [6, 6.07) is 12.1. The highest BCUT2D eigenvalue weighted by Crippen LogP contribution is 2.22. The van der Waals surface area contributed by atoms with Crippen molar-refractivity contribution in [1.82, 2.24) is 4.90 Å². The number of aliphatic carboxylic acids is 1. The molecule has 6 nitrogen and oxygen atoms in total. The van der Waals surface area contributed by atoms with Crippen molar-refractivity contribution in [2.24, 2.45) is 0 Å². The lowest BCUT2D eigenvalue weighted by atomic mass is 10.1. The SMILES string of the molecule is O=C(O)CN(Cc1ccc(F)cc1)C(=O)c1ccc(N2CCCC2=O)cc1. The molecule has 0 radical (unpaired) electrons. The maximum atomic E-state index is 13.0. The van der Waals surface area contributed by atoms with Crippen LogP contribution < -0.4 is 4.90 Å². The predicted molar refractivity (Wildman–Crippen MR) is 96.8 cm³/mol. The van der Waals surface area contributed by atoms with E-state index >= 15 is 0 Å². The van der Waals surface area contributed by atoms with Gasteiger partial charge in [0.25, 0.3) is 5.91 Å². The van der Waals surface area contributed by atoms with Gasteiger partial charge in [0.15, 0.2) is 0 Å². The van der Waals surface area contributed by atoms with Crippen LogP contribution in [0.2, 0.25) is 0 Å². The summed E-state index contributed by atoms with van der Waals surface area (Å²) < 4.78 is 13.0. The molecule has 1 N–H and O–H groups in total. The van der Waals surface area contributed by atoms with Crippen LogP contribution in [0, 0.1) is 5.82 Å². The molecule has 1 saturated heterocycles. The summed E-state index contributed by atoms with van der Waals surface area (Å²) in [6.07, 6.45) is 1.33. The minimum atomic E-state index is -1.13. The zero-order chi connectivity index (χ0) is 19.4. The van der Waals surface area contributed by atoms with E-state index in [1.165, 1.54) is 29.2 Å². The number of carboxylic acid groups (broad SMARTS) is 1. The molecular weight excluding hydrogens is 351 g/mol. The Morgan fingerprint density at radius 1 is 1.07 bits per heavy atom. The molecule has 0 aliphatic carbocycles. The summed E-state index contributed by atoms with van der Waals surface area (Å²) in [6.45, 7) is 0.238. The van der Waals surface area contributed by atoms with E-state index in [1.807, 2.05) is 0 Å². The van der Waals surface area contributed by atoms with Gasteiger partial charge in [-0.3, -0.25) is 14.4 Å². The van der Waals surface area contributed by atoms with Gasteiger partial charge in [-0.2, -0.15) is 0 Å². The van der Waals surface area contributed by atoms with Crippen LogP contribution in [0.3, 0.4) is 0 Å². The van der Waals surface area contributed by atoms with E-state index in [1.54, 1.807) is 29.2 Å². The number of anilines is 1. The van der Waals surface area contributed by atoms with Gasteiger partial charge in [0, 0.05) is 30.8 Å². The first-order valence-corrected chi connectivity index (χ1v) is 8.60. The normalized spacial score (nSPS) is 13.7. The summed E-state index contributed by atoms with van der Waals surface area (Å²) in [4.78, 5) is 38.6. The molecule has 1 heterocycles. The van der Waals surface area contributed by atoms with Crippen molar-refractivity contribution < 1.29 is 23.9 Å². The molecule has 1 fully saturated rings. The fraction of sp³-hybridized carbons (Fsp3) is 0.250. The molecule has 0 atom stereocenters. The molecule has 140 valence electrons. The van der Waals surface area contributed by atoms with Crippen molar-refractivity contribution >= 4 is 23.5 Å². The van der Waals surface area contributed by atoms with Crippen LogP contribution in [-0.4, -0.2) is 40.9 Å². The monoisotopic (exact) mass is 370 g/mol. The molecule has 0 unspecified atom stereocenters. The summed E-state index contributed by atoms with van der Waals surface area (Å²) >= 11 is 0. The lowest BCUT2D eigenvalue weighted by Crippen LogP contribution is -2.35. The average molecular weight is 370 g/mol. The number of halogens is 1. The van der Waals surface area contributed by atoms with Crippen molar-refractivity contribution in [2.75, 3.05) is 18.0 Å². The smallest absolute Gasteiger partial charge is 0.323 e. The third-order valence-corrected chi connectivity index (χ3v) is 4.40. The van der Waals surface area contributed by atoms with Crippen LogP contribution in [-0.2, 0) is 16.1 Å². The van der Waals surface area contributed by atoms with E-state index in [0.29, 0.717) is 24.1 Å². The number of rotatable bonds is 6. The number of carbonyl (C=O) groups excluding carboxylic acids is 2. The molecule has 27 heavy (non-hydrogen) atoms. The molecule has 2 amide bonds. The van der Waals surface area contributed by atoms with Gasteiger partial charge >= 0.3 is 5.97 Å². The number of benzene rings is 2. The number of nitrogens with zero attached hydrogens (tertiary/aromatic N) is 2. The van der Waals surface area contributed by atoms with Gasteiger partial charge in [0.05, 0.1) is 0 Å². The van der Waals surface area contributed by atoms with Crippen molar-refractivity contribution in [3.8, 4) is 0 Å². The quantitative estimate of drug-likeness (QED) is 0.848. The standard InChI is InChI=1S/C20H19FN2O4/c21-16-7-3-14(4-8-16)12-22(13-19(25)26)20(27)15-5-9-17(10-6-15)23-11-1-2-18(23)24/h3-10H,1-2,11-13H2,(H,25,26). The highest BCUT2D eigenvalue weighted by Gasteiger charge is 2.23. The van der Waals surface area contributed by atoms with Gasteiger partial charge in [-0.05, 0) is 48.4 Å². The minimum absolute atomic E-state index is 0.0533. The molecule has 0 saturated carbocycles. The Kier molecular flexibility index (Phi) is 5.49. The Bertz CT molecular complexity index is 849. The number of amides is 2. The van der Waals surface area contributed by atoms with E-state index < -0.39 is 24.2 Å². The zero-order valence-corrected chi connectivity index (χ0v) is 14.6. The van der Waals surface area contributed by atoms with Gasteiger partial charge in [-0.25, -0.2) is 4.39 Å². The van der Waals surface area contributed by atoms with Crippen LogP contribution in [0.15, 0.2) is 48.5 Å². The third-order valence-electron chi connectivity index (χ3n) is 4.40. The second-order valence-electron chi connectivity index (χ2n) is 6.38. The number of carboxylic acids is 1. The number of hydrogen-bond donors (Lipinski definition) is 1. The average Bonchev–Trinajstić information content (AvgIpc) is 3.08. The molecular formula is C20H19FN2O4. The van der Waals surface area contributed by atoms with Gasteiger partial charge < -0.3 is 14.9 Å². The minimum Gasteiger partial charge on any atom is -0.480 e. The summed E-state index contributed by atoms with van der Waals surface area (Å²) in [5, 5.41) is 9.12. The fourth-order valence-corrected chi connectivity index (χ4v) is 3.06. The Labute approximate surface area is 155 Å². The Balaban J connectivity index is 1.77. The number of carbonyl (C=O) groups is 3. The van der Waals surface area contributed by atoms with Gasteiger partial charge in [-0.1, -0.05) is 12.1 Å². The van der Waals surface area contributed by atoms with Crippen LogP contribution in [0.4, 0.5) is 10.1 Å². The first-order valence-electron chi connectivity index (χ1n) is 8.60. The van der Waals surface area contributed by atoms with Crippen molar-refractivity contribution in [1.29, 1.82) is 0 Å². The van der Waals surface area contributed by atoms with Crippen LogP contribution in [0.25, 0.3) is 0 Å². The lowest BCUT2D eigenvalue weighted by molar-refractivity contribution is -0.137. The fourth-order valence-electron chi connectivity index (χ4n) is 3.06. The van der Waals surface area contributed by atoms with Crippen molar-refractivity contribution in [3.63, 3.8) is 0 Å². The first kappa shape index (κ1) is 18.6. The van der Waals surface area contributed by atoms with Crippen LogP contribution in [0.1, 0.15) is 28.8 Å². The predicted octanol–water partition coefficient (Wildman–Crippen LogP) is 2.68. The lowest BCUT2D eigenvalue weighted by Gasteiger charge is -2.22. The second-order valence-corrected chi connectivity index (χ2v) is 6.38. The molecule has 7 heteroatoms. The largest absolute Gasteiger partial charge is 0.480 e. The first-order chi connectivity index (χ1) is 12.9. The van der Waals surface area contributed by atoms with Crippen LogP contribution >= 0.6 is 0 Å². The molecule has 1 aliphatic heterocycles. The molecule has 2 aromatic carbocycles. The molecule has 1 aliphatic rings. The number of hydrogen-bond acceptors (Lipinski definition) is 3. The molecule has 0 spiro atoms. The molecule has 0 bridgehead atoms. The maximum absolute atomic E-state index is 13.0.